The normalized spacial score (nSPS) is 11.9. The lowest BCUT2D eigenvalue weighted by atomic mass is 10.1. The Labute approximate surface area is 117 Å². The first-order chi connectivity index (χ1) is 9.06. The van der Waals surface area contributed by atoms with Crippen LogP contribution in [0.15, 0.2) is 53.0 Å². The van der Waals surface area contributed by atoms with E-state index in [0.717, 1.165) is 4.47 Å². The molecular formula is C14H10BrFO3. The minimum atomic E-state index is -1.13. The smallest absolute Gasteiger partial charge is 0.349 e. The predicted molar refractivity (Wildman–Crippen MR) is 71.5 cm³/mol. The van der Waals surface area contributed by atoms with Crippen molar-refractivity contribution in [2.24, 2.45) is 0 Å². The molecule has 1 atom stereocenters. The van der Waals surface area contributed by atoms with Crippen LogP contribution in [0.5, 0.6) is 5.75 Å². The summed E-state index contributed by atoms with van der Waals surface area (Å²) in [6.07, 6.45) is -1.13. The number of carboxylic acid groups (broad SMARTS) is 1. The number of carbonyl (C=O) groups is 1. The summed E-state index contributed by atoms with van der Waals surface area (Å²) >= 11 is 3.28. The number of halogens is 2. The van der Waals surface area contributed by atoms with Crippen LogP contribution in [0.3, 0.4) is 0 Å². The largest absolute Gasteiger partial charge is 0.478 e. The molecule has 2 aromatic carbocycles. The van der Waals surface area contributed by atoms with E-state index in [4.69, 9.17) is 4.74 Å². The highest BCUT2D eigenvalue weighted by Gasteiger charge is 2.21. The van der Waals surface area contributed by atoms with Crippen LogP contribution < -0.4 is 4.74 Å². The molecule has 0 unspecified atom stereocenters. The second kappa shape index (κ2) is 5.84. The third-order valence-corrected chi connectivity index (χ3v) is 2.99. The van der Waals surface area contributed by atoms with E-state index in [2.05, 4.69) is 15.9 Å². The van der Waals surface area contributed by atoms with Crippen molar-refractivity contribution in [2.75, 3.05) is 0 Å². The first-order valence-electron chi connectivity index (χ1n) is 5.47. The van der Waals surface area contributed by atoms with Crippen LogP contribution in [-0.4, -0.2) is 11.1 Å². The van der Waals surface area contributed by atoms with Crippen LogP contribution in [0.1, 0.15) is 11.7 Å². The molecule has 3 nitrogen and oxygen atoms in total. The zero-order chi connectivity index (χ0) is 13.8. The summed E-state index contributed by atoms with van der Waals surface area (Å²) in [5.41, 5.74) is 0.514. The van der Waals surface area contributed by atoms with E-state index in [1.807, 2.05) is 0 Å². The van der Waals surface area contributed by atoms with Crippen molar-refractivity contribution < 1.29 is 19.0 Å². The molecule has 0 amide bonds. The Morgan fingerprint density at radius 1 is 1.11 bits per heavy atom. The highest BCUT2D eigenvalue weighted by atomic mass is 79.9. The first-order valence-corrected chi connectivity index (χ1v) is 6.26. The van der Waals surface area contributed by atoms with Gasteiger partial charge in [-0.15, -0.1) is 0 Å². The summed E-state index contributed by atoms with van der Waals surface area (Å²) in [5.74, 6) is -1.20. The molecule has 2 aromatic rings. The topological polar surface area (TPSA) is 46.5 Å². The van der Waals surface area contributed by atoms with E-state index in [1.54, 1.807) is 24.3 Å². The molecular weight excluding hydrogens is 315 g/mol. The van der Waals surface area contributed by atoms with Gasteiger partial charge in [0.25, 0.3) is 0 Å². The lowest BCUT2D eigenvalue weighted by Gasteiger charge is -2.15. The molecule has 0 spiro atoms. The summed E-state index contributed by atoms with van der Waals surface area (Å²) in [7, 11) is 0. The molecule has 19 heavy (non-hydrogen) atoms. The van der Waals surface area contributed by atoms with Crippen molar-refractivity contribution in [3.05, 3.63) is 64.4 Å². The molecule has 0 aliphatic heterocycles. The van der Waals surface area contributed by atoms with Crippen LogP contribution in [0.4, 0.5) is 4.39 Å². The maximum atomic E-state index is 12.8. The molecule has 2 rings (SSSR count). The summed E-state index contributed by atoms with van der Waals surface area (Å²) in [4.78, 5) is 11.2. The monoisotopic (exact) mass is 324 g/mol. The Bertz CT molecular complexity index is 566. The van der Waals surface area contributed by atoms with Crippen molar-refractivity contribution in [3.63, 3.8) is 0 Å². The molecule has 0 heterocycles. The Kier molecular flexibility index (Phi) is 4.16. The number of benzene rings is 2. The maximum absolute atomic E-state index is 12.8. The fourth-order valence-corrected chi connectivity index (χ4v) is 1.81. The molecule has 0 fully saturated rings. The Morgan fingerprint density at radius 3 is 2.21 bits per heavy atom. The summed E-state index contributed by atoms with van der Waals surface area (Å²) in [6, 6.07) is 12.0. The molecule has 0 aliphatic carbocycles. The van der Waals surface area contributed by atoms with Crippen molar-refractivity contribution in [3.8, 4) is 5.75 Å². The molecule has 0 radical (unpaired) electrons. The highest BCUT2D eigenvalue weighted by Crippen LogP contribution is 2.24. The second-order valence-corrected chi connectivity index (χ2v) is 4.76. The zero-order valence-corrected chi connectivity index (χ0v) is 11.3. The third-order valence-electron chi connectivity index (χ3n) is 2.46. The van der Waals surface area contributed by atoms with E-state index < -0.39 is 17.9 Å². The number of carboxylic acids is 1. The van der Waals surface area contributed by atoms with E-state index in [-0.39, 0.29) is 0 Å². The predicted octanol–water partition coefficient (Wildman–Crippen LogP) is 3.79. The summed E-state index contributed by atoms with van der Waals surface area (Å²) < 4.78 is 19.0. The summed E-state index contributed by atoms with van der Waals surface area (Å²) in [5, 5.41) is 9.20. The van der Waals surface area contributed by atoms with E-state index in [9.17, 15) is 14.3 Å². The lowest BCUT2D eigenvalue weighted by Crippen LogP contribution is -2.18. The fraction of sp³-hybridized carbons (Fsp3) is 0.0714. The third kappa shape index (κ3) is 3.54. The van der Waals surface area contributed by atoms with Gasteiger partial charge in [-0.3, -0.25) is 0 Å². The van der Waals surface area contributed by atoms with Crippen LogP contribution >= 0.6 is 15.9 Å². The molecule has 0 saturated heterocycles. The molecule has 0 saturated carbocycles. The van der Waals surface area contributed by atoms with Gasteiger partial charge >= 0.3 is 5.97 Å². The maximum Gasteiger partial charge on any atom is 0.349 e. The van der Waals surface area contributed by atoms with Gasteiger partial charge in [0.2, 0.25) is 6.10 Å². The van der Waals surface area contributed by atoms with E-state index in [1.165, 1.54) is 24.3 Å². The van der Waals surface area contributed by atoms with Gasteiger partial charge in [0, 0.05) is 10.0 Å². The van der Waals surface area contributed by atoms with Gasteiger partial charge in [0.15, 0.2) is 0 Å². The number of hydrogen-bond donors (Lipinski definition) is 1. The minimum absolute atomic E-state index is 0.303. The Hall–Kier alpha value is -1.88. The van der Waals surface area contributed by atoms with E-state index >= 15 is 0 Å². The molecule has 0 bridgehead atoms. The SMILES string of the molecule is O=C(O)[C@H](Oc1ccc(F)cc1)c1ccc(Br)cc1. The first kappa shape index (κ1) is 13.5. The quantitative estimate of drug-likeness (QED) is 0.930. The van der Waals surface area contributed by atoms with Crippen LogP contribution in [-0.2, 0) is 4.79 Å². The Balaban J connectivity index is 2.23. The van der Waals surface area contributed by atoms with Crippen LogP contribution in [0, 0.1) is 5.82 Å². The average molecular weight is 325 g/mol. The lowest BCUT2D eigenvalue weighted by molar-refractivity contribution is -0.145. The molecule has 5 heteroatoms. The molecule has 0 aromatic heterocycles. The number of aliphatic carboxylic acids is 1. The zero-order valence-electron chi connectivity index (χ0n) is 9.72. The van der Waals surface area contributed by atoms with Crippen molar-refractivity contribution >= 4 is 21.9 Å². The number of ether oxygens (including phenoxy) is 1. The van der Waals surface area contributed by atoms with Crippen molar-refractivity contribution in [1.29, 1.82) is 0 Å². The van der Waals surface area contributed by atoms with Gasteiger partial charge in [0.05, 0.1) is 0 Å². The summed E-state index contributed by atoms with van der Waals surface area (Å²) in [6.45, 7) is 0. The molecule has 98 valence electrons. The average Bonchev–Trinajstić information content (AvgIpc) is 2.39. The number of hydrogen-bond acceptors (Lipinski definition) is 2. The van der Waals surface area contributed by atoms with Crippen LogP contribution in [0.2, 0.25) is 0 Å². The Morgan fingerprint density at radius 2 is 1.68 bits per heavy atom. The molecule has 0 aliphatic rings. The van der Waals surface area contributed by atoms with Crippen molar-refractivity contribution in [1.82, 2.24) is 0 Å². The molecule has 1 N–H and O–H groups in total. The van der Waals surface area contributed by atoms with Gasteiger partial charge in [-0.1, -0.05) is 28.1 Å². The minimum Gasteiger partial charge on any atom is -0.478 e. The van der Waals surface area contributed by atoms with Gasteiger partial charge in [0.1, 0.15) is 11.6 Å². The highest BCUT2D eigenvalue weighted by molar-refractivity contribution is 9.10. The van der Waals surface area contributed by atoms with Crippen LogP contribution in [0.25, 0.3) is 0 Å². The van der Waals surface area contributed by atoms with E-state index in [0.29, 0.717) is 11.3 Å². The fourth-order valence-electron chi connectivity index (χ4n) is 1.55. The van der Waals surface area contributed by atoms with Crippen molar-refractivity contribution in [2.45, 2.75) is 6.10 Å². The van der Waals surface area contributed by atoms with Gasteiger partial charge in [-0.2, -0.15) is 0 Å². The van der Waals surface area contributed by atoms with Gasteiger partial charge < -0.3 is 9.84 Å². The second-order valence-electron chi connectivity index (χ2n) is 3.84. The van der Waals surface area contributed by atoms with Gasteiger partial charge in [-0.05, 0) is 36.4 Å². The van der Waals surface area contributed by atoms with Gasteiger partial charge in [-0.25, -0.2) is 9.18 Å². The standard InChI is InChI=1S/C14H10BrFO3/c15-10-3-1-9(2-4-10)13(14(17)18)19-12-7-5-11(16)6-8-12/h1-8,13H,(H,17,18)/t13-/m1/s1. The number of rotatable bonds is 4.